The molecule has 1 aliphatic rings. The van der Waals surface area contributed by atoms with Crippen LogP contribution in [0.4, 0.5) is 4.39 Å². The van der Waals surface area contributed by atoms with Gasteiger partial charge in [-0.3, -0.25) is 9.78 Å². The highest BCUT2D eigenvalue weighted by molar-refractivity contribution is 5.94. The van der Waals surface area contributed by atoms with Crippen molar-refractivity contribution < 1.29 is 9.18 Å². The Balaban J connectivity index is 1.82. The summed E-state index contributed by atoms with van der Waals surface area (Å²) in [7, 11) is 4.20. The first kappa shape index (κ1) is 15.1. The Bertz CT molecular complexity index is 449. The van der Waals surface area contributed by atoms with Gasteiger partial charge in [-0.25, -0.2) is 4.39 Å². The predicted molar refractivity (Wildman–Crippen MR) is 76.3 cm³/mol. The van der Waals surface area contributed by atoms with Crippen LogP contribution in [0.25, 0.3) is 0 Å². The van der Waals surface area contributed by atoms with Gasteiger partial charge >= 0.3 is 0 Å². The van der Waals surface area contributed by atoms with Gasteiger partial charge in [-0.1, -0.05) is 0 Å². The first-order chi connectivity index (χ1) is 9.56. The van der Waals surface area contributed by atoms with Gasteiger partial charge in [0.05, 0.1) is 6.20 Å². The summed E-state index contributed by atoms with van der Waals surface area (Å²) in [4.78, 5) is 20.4. The van der Waals surface area contributed by atoms with Crippen LogP contribution in [-0.4, -0.2) is 60.3 Å². The molecule has 110 valence electrons. The average Bonchev–Trinajstić information content (AvgIpc) is 2.45. The number of rotatable bonds is 5. The lowest BCUT2D eigenvalue weighted by molar-refractivity contribution is 0.0927. The van der Waals surface area contributed by atoms with Crippen molar-refractivity contribution in [2.24, 2.45) is 0 Å². The van der Waals surface area contributed by atoms with Crippen LogP contribution in [0.15, 0.2) is 18.3 Å². The quantitative estimate of drug-likeness (QED) is 0.770. The van der Waals surface area contributed by atoms with Crippen molar-refractivity contribution >= 4 is 5.78 Å². The van der Waals surface area contributed by atoms with Gasteiger partial charge in [0, 0.05) is 25.6 Å². The fraction of sp³-hybridized carbons (Fsp3) is 0.600. The van der Waals surface area contributed by atoms with Crippen LogP contribution in [0.3, 0.4) is 0 Å². The average molecular weight is 279 g/mol. The lowest BCUT2D eigenvalue weighted by Gasteiger charge is -2.35. The molecule has 0 saturated carbocycles. The molecule has 1 aromatic heterocycles. The summed E-state index contributed by atoms with van der Waals surface area (Å²) in [6.45, 7) is 2.93. The molecule has 1 atom stereocenters. The van der Waals surface area contributed by atoms with Crippen molar-refractivity contribution in [3.63, 3.8) is 0 Å². The predicted octanol–water partition coefficient (Wildman–Crippen LogP) is 1.82. The zero-order valence-corrected chi connectivity index (χ0v) is 12.2. The summed E-state index contributed by atoms with van der Waals surface area (Å²) in [5.41, 5.74) is 0.348. The molecule has 0 aromatic carbocycles. The number of halogens is 1. The highest BCUT2D eigenvalue weighted by Gasteiger charge is 2.21. The molecular formula is C15H22FN3O. The summed E-state index contributed by atoms with van der Waals surface area (Å²) in [6.07, 6.45) is 3.91. The molecule has 0 radical (unpaired) electrons. The minimum absolute atomic E-state index is 0.0268. The molecule has 1 saturated heterocycles. The number of piperidine rings is 1. The normalized spacial score (nSPS) is 20.3. The van der Waals surface area contributed by atoms with Crippen LogP contribution >= 0.6 is 0 Å². The van der Waals surface area contributed by atoms with Gasteiger partial charge in [0.2, 0.25) is 0 Å². The van der Waals surface area contributed by atoms with E-state index in [1.807, 2.05) is 0 Å². The first-order valence-electron chi connectivity index (χ1n) is 7.10. The summed E-state index contributed by atoms with van der Waals surface area (Å²) >= 11 is 0. The van der Waals surface area contributed by atoms with E-state index in [1.165, 1.54) is 25.0 Å². The lowest BCUT2D eigenvalue weighted by atomic mass is 10.0. The number of carbonyl (C=O) groups excluding carboxylic acids is 1. The number of hydrogen-bond donors (Lipinski definition) is 0. The number of aromatic nitrogens is 1. The SMILES string of the molecule is CN1CCCC(N(C)CCC(=O)c2ccc(F)cn2)C1. The zero-order valence-electron chi connectivity index (χ0n) is 12.2. The van der Waals surface area contributed by atoms with Gasteiger partial charge in [0.25, 0.3) is 0 Å². The Labute approximate surface area is 119 Å². The van der Waals surface area contributed by atoms with Gasteiger partial charge in [0.1, 0.15) is 11.5 Å². The molecule has 1 unspecified atom stereocenters. The minimum atomic E-state index is -0.413. The van der Waals surface area contributed by atoms with Crippen molar-refractivity contribution in [1.29, 1.82) is 0 Å². The number of likely N-dealkylation sites (tertiary alicyclic amines) is 1. The molecular weight excluding hydrogens is 257 g/mol. The third kappa shape index (κ3) is 4.08. The van der Waals surface area contributed by atoms with Crippen LogP contribution < -0.4 is 0 Å². The molecule has 0 N–H and O–H groups in total. The van der Waals surface area contributed by atoms with E-state index in [0.29, 0.717) is 18.2 Å². The van der Waals surface area contributed by atoms with Gasteiger partial charge < -0.3 is 9.80 Å². The van der Waals surface area contributed by atoms with E-state index >= 15 is 0 Å². The second-order valence-corrected chi connectivity index (χ2v) is 5.57. The summed E-state index contributed by atoms with van der Waals surface area (Å²) in [5, 5.41) is 0. The highest BCUT2D eigenvalue weighted by Crippen LogP contribution is 2.14. The van der Waals surface area contributed by atoms with Gasteiger partial charge in [-0.2, -0.15) is 0 Å². The molecule has 5 heteroatoms. The van der Waals surface area contributed by atoms with Crippen molar-refractivity contribution in [3.8, 4) is 0 Å². The number of pyridine rings is 1. The van der Waals surface area contributed by atoms with Gasteiger partial charge in [0.15, 0.2) is 5.78 Å². The van der Waals surface area contributed by atoms with Crippen molar-refractivity contribution in [1.82, 2.24) is 14.8 Å². The van der Waals surface area contributed by atoms with Gasteiger partial charge in [-0.15, -0.1) is 0 Å². The number of hydrogen-bond acceptors (Lipinski definition) is 4. The van der Waals surface area contributed by atoms with E-state index < -0.39 is 5.82 Å². The smallest absolute Gasteiger partial charge is 0.182 e. The number of carbonyl (C=O) groups is 1. The third-order valence-electron chi connectivity index (χ3n) is 3.93. The van der Waals surface area contributed by atoms with Crippen molar-refractivity contribution in [3.05, 3.63) is 29.8 Å². The Morgan fingerprint density at radius 3 is 3.00 bits per heavy atom. The molecule has 0 aliphatic carbocycles. The molecule has 1 fully saturated rings. The van der Waals surface area contributed by atoms with Crippen molar-refractivity contribution in [2.45, 2.75) is 25.3 Å². The highest BCUT2D eigenvalue weighted by atomic mass is 19.1. The van der Waals surface area contributed by atoms with Crippen LogP contribution in [0, 0.1) is 5.82 Å². The Kier molecular flexibility index (Phi) is 5.20. The van der Waals surface area contributed by atoms with Gasteiger partial charge in [-0.05, 0) is 45.6 Å². The Hall–Kier alpha value is -1.33. The maximum Gasteiger partial charge on any atom is 0.182 e. The van der Waals surface area contributed by atoms with Crippen molar-refractivity contribution in [2.75, 3.05) is 33.7 Å². The molecule has 1 aliphatic heterocycles. The molecule has 4 nitrogen and oxygen atoms in total. The first-order valence-corrected chi connectivity index (χ1v) is 7.10. The van der Waals surface area contributed by atoms with E-state index in [2.05, 4.69) is 28.9 Å². The molecule has 0 amide bonds. The maximum atomic E-state index is 12.8. The van der Waals surface area contributed by atoms with Crippen LogP contribution in [0.2, 0.25) is 0 Å². The Morgan fingerprint density at radius 1 is 1.55 bits per heavy atom. The van der Waals surface area contributed by atoms with E-state index in [0.717, 1.165) is 25.8 Å². The Morgan fingerprint density at radius 2 is 2.35 bits per heavy atom. The molecule has 0 bridgehead atoms. The molecule has 2 heterocycles. The number of ketones is 1. The van der Waals surface area contributed by atoms with E-state index in [-0.39, 0.29) is 5.78 Å². The number of likely N-dealkylation sites (N-methyl/N-ethyl adjacent to an activating group) is 2. The molecule has 0 spiro atoms. The topological polar surface area (TPSA) is 36.4 Å². The largest absolute Gasteiger partial charge is 0.305 e. The van der Waals surface area contributed by atoms with Crippen LogP contribution in [0.5, 0.6) is 0 Å². The monoisotopic (exact) mass is 279 g/mol. The van der Waals surface area contributed by atoms with E-state index in [4.69, 9.17) is 0 Å². The lowest BCUT2D eigenvalue weighted by Crippen LogP contribution is -2.45. The summed E-state index contributed by atoms with van der Waals surface area (Å²) in [5.74, 6) is -0.440. The molecule has 1 aromatic rings. The second kappa shape index (κ2) is 6.90. The molecule has 2 rings (SSSR count). The standard InChI is InChI=1S/C15H22FN3O/c1-18-8-3-4-13(11-18)19(2)9-7-15(20)14-6-5-12(16)10-17-14/h5-6,10,13H,3-4,7-9,11H2,1-2H3. The maximum absolute atomic E-state index is 12.8. The zero-order chi connectivity index (χ0) is 14.5. The summed E-state index contributed by atoms with van der Waals surface area (Å²) < 4.78 is 12.8. The van der Waals surface area contributed by atoms with E-state index in [1.54, 1.807) is 0 Å². The number of nitrogens with zero attached hydrogens (tertiary/aromatic N) is 3. The molecule has 20 heavy (non-hydrogen) atoms. The van der Waals surface area contributed by atoms with Crippen LogP contribution in [0.1, 0.15) is 29.8 Å². The second-order valence-electron chi connectivity index (χ2n) is 5.57. The fourth-order valence-corrected chi connectivity index (χ4v) is 2.63. The summed E-state index contributed by atoms with van der Waals surface area (Å²) in [6, 6.07) is 3.24. The fourth-order valence-electron chi connectivity index (χ4n) is 2.63. The number of Topliss-reactive ketones (excluding diaryl/α,β-unsaturated/α-hetero) is 1. The van der Waals surface area contributed by atoms with E-state index in [9.17, 15) is 9.18 Å². The third-order valence-corrected chi connectivity index (χ3v) is 3.93. The minimum Gasteiger partial charge on any atom is -0.305 e. The van der Waals surface area contributed by atoms with Crippen LogP contribution in [-0.2, 0) is 0 Å².